The fourth-order valence-electron chi connectivity index (χ4n) is 6.07. The molecule has 5 nitrogen and oxygen atoms in total. The van der Waals surface area contributed by atoms with E-state index in [1.807, 2.05) is 64.1 Å². The van der Waals surface area contributed by atoms with Crippen LogP contribution in [0.3, 0.4) is 0 Å². The van der Waals surface area contributed by atoms with Gasteiger partial charge in [0.2, 0.25) is 0 Å². The van der Waals surface area contributed by atoms with Crippen LogP contribution < -0.4 is 9.30 Å². The second-order valence-electron chi connectivity index (χ2n) is 11.6. The molecule has 0 atom stereocenters. The van der Waals surface area contributed by atoms with Crippen LogP contribution in [0.5, 0.6) is 11.5 Å². The number of pyridine rings is 1. The number of nitrogens with zero attached hydrogens (tertiary/aromatic N) is 4. The summed E-state index contributed by atoms with van der Waals surface area (Å²) in [6.45, 7) is 6.40. The molecule has 8 rings (SSSR count). The maximum absolute atomic E-state index is 6.39. The van der Waals surface area contributed by atoms with Crippen LogP contribution in [0.2, 0.25) is 0 Å². The number of imidazole rings is 1. The van der Waals surface area contributed by atoms with Crippen molar-refractivity contribution < 1.29 is 30.4 Å². The summed E-state index contributed by atoms with van der Waals surface area (Å²) in [5, 5.41) is 2.22. The molecule has 0 unspecified atom stereocenters. The molecule has 47 heavy (non-hydrogen) atoms. The van der Waals surface area contributed by atoms with E-state index in [1.165, 1.54) is 16.7 Å². The van der Waals surface area contributed by atoms with Crippen molar-refractivity contribution in [3.05, 3.63) is 163 Å². The molecule has 0 bridgehead atoms. The summed E-state index contributed by atoms with van der Waals surface area (Å²) in [6, 6.07) is 44.2. The zero-order chi connectivity index (χ0) is 31.2. The molecule has 6 heteroatoms. The van der Waals surface area contributed by atoms with Gasteiger partial charge in [-0.3, -0.25) is 4.57 Å². The van der Waals surface area contributed by atoms with Gasteiger partial charge in [0, 0.05) is 56.7 Å². The first-order chi connectivity index (χ1) is 22.5. The standard InChI is InChI=1S/C41H30N4O.Pt/c1-28-22-30(3)39(23-29(28)2)44-21-20-43(27-44)33-12-9-13-34(25-33)46-35-16-17-37-36-14-7-8-15-38(36)45(40(37)26-35)41-24-32(18-19-42-41)31-10-5-4-6-11-31;/h4-24H,1-3H3;/q-2;. The Morgan fingerprint density at radius 1 is 0.681 bits per heavy atom. The van der Waals surface area contributed by atoms with Gasteiger partial charge in [-0.2, -0.15) is 18.2 Å². The zero-order valence-corrected chi connectivity index (χ0v) is 28.4. The Hall–Kier alpha value is -5.25. The van der Waals surface area contributed by atoms with Gasteiger partial charge in [0.1, 0.15) is 5.82 Å². The normalized spacial score (nSPS) is 11.1. The van der Waals surface area contributed by atoms with Crippen molar-refractivity contribution in [1.82, 2.24) is 14.1 Å². The minimum Gasteiger partial charge on any atom is -0.510 e. The van der Waals surface area contributed by atoms with E-state index in [9.17, 15) is 0 Å². The van der Waals surface area contributed by atoms with Gasteiger partial charge in [0.15, 0.2) is 0 Å². The molecule has 0 spiro atoms. The Morgan fingerprint density at radius 2 is 1.47 bits per heavy atom. The molecule has 0 aliphatic carbocycles. The SMILES string of the molecule is Cc1cc(C)c(-[n+]2[c-]n(-c3[c-]c(Oc4[c-]c5c(cc4)c4ccccc4n5-c4cc(-c5ccccc5)ccn4)ccc3)cc2)cc1C.[Pt]. The van der Waals surface area contributed by atoms with E-state index in [0.29, 0.717) is 11.5 Å². The van der Waals surface area contributed by atoms with Gasteiger partial charge < -0.3 is 13.9 Å². The molecule has 3 aromatic heterocycles. The summed E-state index contributed by atoms with van der Waals surface area (Å²) in [6.07, 6.45) is 9.29. The van der Waals surface area contributed by atoms with E-state index >= 15 is 0 Å². The molecule has 232 valence electrons. The fourth-order valence-corrected chi connectivity index (χ4v) is 6.07. The monoisotopic (exact) mass is 789 g/mol. The summed E-state index contributed by atoms with van der Waals surface area (Å²) in [5.74, 6) is 2.02. The Balaban J connectivity index is 0.00000351. The van der Waals surface area contributed by atoms with Crippen LogP contribution in [-0.2, 0) is 21.1 Å². The quantitative estimate of drug-likeness (QED) is 0.125. The van der Waals surface area contributed by atoms with Crippen molar-refractivity contribution in [1.29, 1.82) is 0 Å². The average Bonchev–Trinajstić information content (AvgIpc) is 3.70. The third-order valence-electron chi connectivity index (χ3n) is 8.52. The van der Waals surface area contributed by atoms with Gasteiger partial charge in [0.05, 0.1) is 5.69 Å². The van der Waals surface area contributed by atoms with Crippen LogP contribution in [0, 0.1) is 39.2 Å². The molecular formula is C41H30N4OPt-2. The maximum Gasteiger partial charge on any atom is 0.267 e. The van der Waals surface area contributed by atoms with Crippen molar-refractivity contribution >= 4 is 21.8 Å². The Morgan fingerprint density at radius 3 is 2.34 bits per heavy atom. The maximum atomic E-state index is 6.39. The van der Waals surface area contributed by atoms with Crippen LogP contribution in [0.25, 0.3) is 50.1 Å². The van der Waals surface area contributed by atoms with Gasteiger partial charge in [-0.1, -0.05) is 65.7 Å². The molecule has 0 aliphatic heterocycles. The average molecular weight is 790 g/mol. The van der Waals surface area contributed by atoms with Crippen LogP contribution in [0.4, 0.5) is 0 Å². The summed E-state index contributed by atoms with van der Waals surface area (Å²) < 4.78 is 12.5. The largest absolute Gasteiger partial charge is 0.510 e. The van der Waals surface area contributed by atoms with Gasteiger partial charge in [-0.15, -0.1) is 29.7 Å². The number of fused-ring (bicyclic) bond motifs is 3. The summed E-state index contributed by atoms with van der Waals surface area (Å²) in [4.78, 5) is 4.79. The van der Waals surface area contributed by atoms with Gasteiger partial charge in [-0.05, 0) is 78.4 Å². The topological polar surface area (TPSA) is 35.9 Å². The molecule has 0 N–H and O–H groups in total. The molecule has 0 saturated heterocycles. The van der Waals surface area contributed by atoms with E-state index in [4.69, 9.17) is 9.72 Å². The molecule has 0 saturated carbocycles. The first kappa shape index (κ1) is 30.4. The van der Waals surface area contributed by atoms with Gasteiger partial charge >= 0.3 is 0 Å². The second kappa shape index (κ2) is 12.5. The predicted octanol–water partition coefficient (Wildman–Crippen LogP) is 9.03. The van der Waals surface area contributed by atoms with E-state index in [0.717, 1.165) is 50.1 Å². The molecule has 0 amide bonds. The number of para-hydroxylation sites is 1. The number of aryl methyl sites for hydroxylation is 3. The number of hydrogen-bond donors (Lipinski definition) is 0. The zero-order valence-electron chi connectivity index (χ0n) is 26.1. The predicted molar refractivity (Wildman–Crippen MR) is 182 cm³/mol. The van der Waals surface area contributed by atoms with E-state index < -0.39 is 0 Å². The van der Waals surface area contributed by atoms with Crippen molar-refractivity contribution in [2.45, 2.75) is 20.8 Å². The minimum absolute atomic E-state index is 0. The van der Waals surface area contributed by atoms with Crippen molar-refractivity contribution in [2.75, 3.05) is 0 Å². The van der Waals surface area contributed by atoms with Crippen LogP contribution in [-0.4, -0.2) is 14.1 Å². The van der Waals surface area contributed by atoms with Crippen molar-refractivity contribution in [3.8, 4) is 39.8 Å². The summed E-state index contributed by atoms with van der Waals surface area (Å²) >= 11 is 0. The summed E-state index contributed by atoms with van der Waals surface area (Å²) in [7, 11) is 0. The molecule has 0 fully saturated rings. The fraction of sp³-hybridized carbons (Fsp3) is 0.0732. The second-order valence-corrected chi connectivity index (χ2v) is 11.6. The number of benzene rings is 5. The first-order valence-corrected chi connectivity index (χ1v) is 15.3. The van der Waals surface area contributed by atoms with Crippen LogP contribution in [0.15, 0.2) is 128 Å². The number of rotatable bonds is 6. The smallest absolute Gasteiger partial charge is 0.267 e. The third-order valence-corrected chi connectivity index (χ3v) is 8.52. The molecular weight excluding hydrogens is 760 g/mol. The Labute approximate surface area is 288 Å². The van der Waals surface area contributed by atoms with Gasteiger partial charge in [0.25, 0.3) is 6.33 Å². The van der Waals surface area contributed by atoms with Gasteiger partial charge in [-0.25, -0.2) is 4.98 Å². The van der Waals surface area contributed by atoms with Crippen molar-refractivity contribution in [3.63, 3.8) is 0 Å². The van der Waals surface area contributed by atoms with E-state index in [1.54, 1.807) is 0 Å². The molecule has 8 aromatic rings. The molecule has 5 aromatic carbocycles. The molecule has 0 radical (unpaired) electrons. The Bertz CT molecular complexity index is 2390. The van der Waals surface area contributed by atoms with Crippen LogP contribution in [0.1, 0.15) is 16.7 Å². The number of aromatic nitrogens is 4. The third kappa shape index (κ3) is 5.68. The minimum atomic E-state index is 0. The van der Waals surface area contributed by atoms with E-state index in [-0.39, 0.29) is 21.1 Å². The number of hydrogen-bond acceptors (Lipinski definition) is 2. The Kier molecular flexibility index (Phi) is 8.09. The van der Waals surface area contributed by atoms with Crippen LogP contribution >= 0.6 is 0 Å². The molecule has 0 aliphatic rings. The van der Waals surface area contributed by atoms with E-state index in [2.05, 4.69) is 117 Å². The molecule has 3 heterocycles. The first-order valence-electron chi connectivity index (χ1n) is 15.3. The number of ether oxygens (including phenoxy) is 1. The van der Waals surface area contributed by atoms with Crippen molar-refractivity contribution in [2.24, 2.45) is 0 Å². The summed E-state index contributed by atoms with van der Waals surface area (Å²) in [5.41, 5.74) is 9.88.